The molecule has 164 valence electrons. The van der Waals surface area contributed by atoms with E-state index in [1.54, 1.807) is 25.2 Å². The maximum atomic E-state index is 13.4. The smallest absolute Gasteiger partial charge is 0.265 e. The molecule has 1 heterocycles. The minimum absolute atomic E-state index is 0.146. The van der Waals surface area contributed by atoms with E-state index in [4.69, 9.17) is 9.47 Å². The highest BCUT2D eigenvalue weighted by molar-refractivity contribution is 6.02. The molecular formula is C25H31N3O3. The summed E-state index contributed by atoms with van der Waals surface area (Å²) in [6.07, 6.45) is 4.65. The van der Waals surface area contributed by atoms with Gasteiger partial charge in [0.2, 0.25) is 0 Å². The number of aryl methyl sites for hydroxylation is 1. The van der Waals surface area contributed by atoms with Gasteiger partial charge in [-0.05, 0) is 69.0 Å². The Morgan fingerprint density at radius 2 is 2.00 bits per heavy atom. The van der Waals surface area contributed by atoms with E-state index in [2.05, 4.69) is 24.5 Å². The zero-order valence-corrected chi connectivity index (χ0v) is 19.1. The van der Waals surface area contributed by atoms with E-state index in [1.807, 2.05) is 31.2 Å². The van der Waals surface area contributed by atoms with Crippen molar-refractivity contribution in [2.45, 2.75) is 59.2 Å². The molecule has 0 unspecified atom stereocenters. The third-order valence-electron chi connectivity index (χ3n) is 5.79. The quantitative estimate of drug-likeness (QED) is 0.437. The van der Waals surface area contributed by atoms with E-state index < -0.39 is 0 Å². The van der Waals surface area contributed by atoms with Crippen LogP contribution in [0.1, 0.15) is 48.7 Å². The zero-order valence-electron chi connectivity index (χ0n) is 19.1. The number of methoxy groups -OCH3 is 2. The number of carbonyl (C=O) groups excluding carboxylic acids is 1. The Morgan fingerprint density at radius 1 is 1.26 bits per heavy atom. The van der Waals surface area contributed by atoms with Gasteiger partial charge in [-0.2, -0.15) is 5.26 Å². The van der Waals surface area contributed by atoms with Crippen LogP contribution in [0, 0.1) is 25.2 Å². The first-order valence-corrected chi connectivity index (χ1v) is 10.7. The highest BCUT2D eigenvalue weighted by Crippen LogP contribution is 2.33. The van der Waals surface area contributed by atoms with Gasteiger partial charge in [-0.15, -0.1) is 0 Å². The van der Waals surface area contributed by atoms with E-state index in [9.17, 15) is 10.1 Å². The first-order chi connectivity index (χ1) is 14.9. The summed E-state index contributed by atoms with van der Waals surface area (Å²) in [4.78, 5) is 15.2. The predicted octanol–water partition coefficient (Wildman–Crippen LogP) is 4.63. The van der Waals surface area contributed by atoms with Gasteiger partial charge in [0.1, 0.15) is 23.1 Å². The summed E-state index contributed by atoms with van der Waals surface area (Å²) >= 11 is 0. The zero-order chi connectivity index (χ0) is 22.5. The molecule has 6 heteroatoms. The molecule has 0 spiro atoms. The average Bonchev–Trinajstić information content (AvgIpc) is 3.58. The molecular weight excluding hydrogens is 390 g/mol. The molecule has 0 aliphatic heterocycles. The van der Waals surface area contributed by atoms with Crippen LogP contribution in [-0.2, 0) is 17.9 Å². The van der Waals surface area contributed by atoms with Crippen molar-refractivity contribution < 1.29 is 14.3 Å². The average molecular weight is 422 g/mol. The number of rotatable bonds is 9. The lowest BCUT2D eigenvalue weighted by Gasteiger charge is -2.23. The highest BCUT2D eigenvalue weighted by atomic mass is 16.5. The van der Waals surface area contributed by atoms with Crippen molar-refractivity contribution in [2.24, 2.45) is 0 Å². The summed E-state index contributed by atoms with van der Waals surface area (Å²) < 4.78 is 13.1. The van der Waals surface area contributed by atoms with Crippen LogP contribution in [0.4, 0.5) is 0 Å². The fourth-order valence-corrected chi connectivity index (χ4v) is 3.94. The molecule has 0 atom stereocenters. The number of nitrogens with zero attached hydrogens (tertiary/aromatic N) is 3. The van der Waals surface area contributed by atoms with Crippen LogP contribution < -0.4 is 9.47 Å². The number of hydrogen-bond acceptors (Lipinski definition) is 4. The summed E-state index contributed by atoms with van der Waals surface area (Å²) in [6.45, 7) is 7.52. The van der Waals surface area contributed by atoms with E-state index in [-0.39, 0.29) is 17.5 Å². The summed E-state index contributed by atoms with van der Waals surface area (Å²) in [5.74, 6) is 1.17. The molecule has 1 aromatic carbocycles. The largest absolute Gasteiger partial charge is 0.497 e. The first-order valence-electron chi connectivity index (χ1n) is 10.7. The maximum Gasteiger partial charge on any atom is 0.265 e. The van der Waals surface area contributed by atoms with Crippen LogP contribution in [0.25, 0.3) is 6.08 Å². The maximum absolute atomic E-state index is 13.4. The number of nitriles is 1. The number of benzene rings is 1. The van der Waals surface area contributed by atoms with Gasteiger partial charge in [0.05, 0.1) is 20.8 Å². The Bertz CT molecular complexity index is 1030. The van der Waals surface area contributed by atoms with Gasteiger partial charge in [0, 0.05) is 29.5 Å². The van der Waals surface area contributed by atoms with Crippen LogP contribution in [-0.4, -0.2) is 35.6 Å². The Hall–Kier alpha value is -3.20. The van der Waals surface area contributed by atoms with Crippen LogP contribution in [0.2, 0.25) is 0 Å². The second-order valence-corrected chi connectivity index (χ2v) is 7.99. The Balaban J connectivity index is 1.92. The molecule has 1 fully saturated rings. The lowest BCUT2D eigenvalue weighted by Crippen LogP contribution is -2.33. The summed E-state index contributed by atoms with van der Waals surface area (Å²) in [5, 5.41) is 9.81. The molecule has 1 amide bonds. The van der Waals surface area contributed by atoms with E-state index in [0.717, 1.165) is 48.3 Å². The first kappa shape index (κ1) is 22.5. The van der Waals surface area contributed by atoms with Crippen LogP contribution in [0.3, 0.4) is 0 Å². The fourth-order valence-electron chi connectivity index (χ4n) is 3.94. The summed E-state index contributed by atoms with van der Waals surface area (Å²) in [7, 11) is 3.22. The molecule has 1 saturated carbocycles. The highest BCUT2D eigenvalue weighted by Gasteiger charge is 2.34. The van der Waals surface area contributed by atoms with Gasteiger partial charge in [-0.1, -0.05) is 6.92 Å². The van der Waals surface area contributed by atoms with E-state index in [0.29, 0.717) is 18.0 Å². The molecule has 3 rings (SSSR count). The van der Waals surface area contributed by atoms with Crippen molar-refractivity contribution in [3.05, 3.63) is 52.4 Å². The van der Waals surface area contributed by atoms with E-state index in [1.165, 1.54) is 0 Å². The number of carbonyl (C=O) groups is 1. The third kappa shape index (κ3) is 4.93. The Morgan fingerprint density at radius 3 is 2.58 bits per heavy atom. The second kappa shape index (κ2) is 9.74. The van der Waals surface area contributed by atoms with Gasteiger partial charge in [-0.25, -0.2) is 0 Å². The molecule has 2 aromatic rings. The topological polar surface area (TPSA) is 67.5 Å². The van der Waals surface area contributed by atoms with Crippen LogP contribution in [0.5, 0.6) is 11.5 Å². The van der Waals surface area contributed by atoms with Crippen molar-refractivity contribution in [3.63, 3.8) is 0 Å². The van der Waals surface area contributed by atoms with Gasteiger partial charge < -0.3 is 18.9 Å². The second-order valence-electron chi connectivity index (χ2n) is 7.99. The lowest BCUT2D eigenvalue weighted by atomic mass is 10.1. The molecule has 6 nitrogen and oxygen atoms in total. The van der Waals surface area contributed by atoms with Crippen molar-refractivity contribution in [1.29, 1.82) is 5.26 Å². The Kier molecular flexibility index (Phi) is 7.06. The SMILES string of the molecule is CCCn1c(C)cc(/C=C(\C#N)C(=O)N(Cc2cc(OC)ccc2OC)C2CC2)c1C. The summed E-state index contributed by atoms with van der Waals surface area (Å²) in [5.41, 5.74) is 4.15. The van der Waals surface area contributed by atoms with Gasteiger partial charge in [0.15, 0.2) is 0 Å². The molecule has 1 aromatic heterocycles. The van der Waals surface area contributed by atoms with Gasteiger partial charge in [0.25, 0.3) is 5.91 Å². The van der Waals surface area contributed by atoms with Crippen molar-refractivity contribution in [2.75, 3.05) is 14.2 Å². The van der Waals surface area contributed by atoms with Crippen LogP contribution in [0.15, 0.2) is 29.8 Å². The monoisotopic (exact) mass is 421 g/mol. The lowest BCUT2D eigenvalue weighted by molar-refractivity contribution is -0.127. The molecule has 1 aliphatic rings. The number of amides is 1. The molecule has 0 radical (unpaired) electrons. The standard InChI is InChI=1S/C25H31N3O3/c1-6-11-27-17(2)12-19(18(27)3)13-20(15-26)25(29)28(22-7-8-22)16-21-14-23(30-4)9-10-24(21)31-5/h9-10,12-14,22H,6-8,11,16H2,1-5H3/b20-13+. The minimum atomic E-state index is -0.241. The van der Waals surface area contributed by atoms with E-state index >= 15 is 0 Å². The molecule has 1 aliphatic carbocycles. The van der Waals surface area contributed by atoms with Gasteiger partial charge >= 0.3 is 0 Å². The normalized spacial score (nSPS) is 13.6. The Labute approximate surface area is 184 Å². The number of hydrogen-bond donors (Lipinski definition) is 0. The fraction of sp³-hybridized carbons (Fsp3) is 0.440. The number of ether oxygens (including phenoxy) is 2. The van der Waals surface area contributed by atoms with Crippen LogP contribution >= 0.6 is 0 Å². The molecule has 0 N–H and O–H groups in total. The van der Waals surface area contributed by atoms with Crippen molar-refractivity contribution in [1.82, 2.24) is 9.47 Å². The molecule has 0 saturated heterocycles. The third-order valence-corrected chi connectivity index (χ3v) is 5.79. The minimum Gasteiger partial charge on any atom is -0.497 e. The van der Waals surface area contributed by atoms with Crippen molar-refractivity contribution in [3.8, 4) is 17.6 Å². The summed E-state index contributed by atoms with van der Waals surface area (Å²) in [6, 6.07) is 9.89. The molecule has 31 heavy (non-hydrogen) atoms. The number of aromatic nitrogens is 1. The predicted molar refractivity (Wildman–Crippen MR) is 121 cm³/mol. The molecule has 0 bridgehead atoms. The van der Waals surface area contributed by atoms with Gasteiger partial charge in [-0.3, -0.25) is 4.79 Å². The van der Waals surface area contributed by atoms with Crippen molar-refractivity contribution >= 4 is 12.0 Å².